The second-order valence-electron chi connectivity index (χ2n) is 6.56. The maximum absolute atomic E-state index is 13.8. The summed E-state index contributed by atoms with van der Waals surface area (Å²) in [7, 11) is 0. The Balaban J connectivity index is 1.64. The second-order valence-corrected chi connectivity index (χ2v) is 7.55. The quantitative estimate of drug-likeness (QED) is 0.559. The number of amides is 1. The Morgan fingerprint density at radius 3 is 2.47 bits per heavy atom. The van der Waals surface area contributed by atoms with E-state index in [-0.39, 0.29) is 16.4 Å². The Bertz CT molecular complexity index is 1080. The molecular formula is C20H16F2N2O5S. The summed E-state index contributed by atoms with van der Waals surface area (Å²) in [5.41, 5.74) is -1.35. The number of carboxylic acids is 1. The number of ether oxygens (including phenoxy) is 2. The molecule has 0 saturated carbocycles. The number of carboxylic acid groups (broad SMARTS) is 1. The van der Waals surface area contributed by atoms with Gasteiger partial charge in [0.1, 0.15) is 11.6 Å². The third-order valence-electron chi connectivity index (χ3n) is 3.83. The number of aromatic carboxylic acids is 1. The predicted octanol–water partition coefficient (Wildman–Crippen LogP) is 4.71. The number of thiazole rings is 1. The lowest BCUT2D eigenvalue weighted by Crippen LogP contribution is -2.42. The molecule has 0 fully saturated rings. The number of benzene rings is 2. The molecule has 10 heteroatoms. The summed E-state index contributed by atoms with van der Waals surface area (Å²) < 4.78 is 37.8. The van der Waals surface area contributed by atoms with E-state index in [9.17, 15) is 18.4 Å². The molecule has 30 heavy (non-hydrogen) atoms. The molecule has 3 rings (SSSR count). The molecule has 0 aliphatic rings. The van der Waals surface area contributed by atoms with Crippen LogP contribution in [0, 0.1) is 11.6 Å². The number of halogens is 2. The summed E-state index contributed by atoms with van der Waals surface area (Å²) in [4.78, 5) is 27.4. The van der Waals surface area contributed by atoms with Gasteiger partial charge in [-0.25, -0.2) is 18.6 Å². The summed E-state index contributed by atoms with van der Waals surface area (Å²) in [6, 6.07) is 8.58. The summed E-state index contributed by atoms with van der Waals surface area (Å²) >= 11 is 1.03. The minimum atomic E-state index is -1.47. The fourth-order valence-corrected chi connectivity index (χ4v) is 2.96. The number of nitrogens with zero attached hydrogens (tertiary/aromatic N) is 1. The minimum Gasteiger partial charge on any atom is -0.478 e. The van der Waals surface area contributed by atoms with Crippen LogP contribution in [-0.4, -0.2) is 27.6 Å². The maximum atomic E-state index is 13.8. The van der Waals surface area contributed by atoms with Crippen LogP contribution in [0.25, 0.3) is 0 Å². The van der Waals surface area contributed by atoms with Crippen molar-refractivity contribution in [1.82, 2.24) is 4.98 Å². The highest BCUT2D eigenvalue weighted by Gasteiger charge is 2.32. The van der Waals surface area contributed by atoms with Crippen molar-refractivity contribution in [2.45, 2.75) is 19.4 Å². The van der Waals surface area contributed by atoms with Crippen LogP contribution in [0.2, 0.25) is 0 Å². The topological polar surface area (TPSA) is 97.8 Å². The normalized spacial score (nSPS) is 11.1. The molecule has 3 aromatic rings. The van der Waals surface area contributed by atoms with E-state index >= 15 is 0 Å². The fraction of sp³-hybridized carbons (Fsp3) is 0.150. The van der Waals surface area contributed by atoms with Gasteiger partial charge in [0.05, 0.1) is 11.8 Å². The van der Waals surface area contributed by atoms with Gasteiger partial charge in [-0.15, -0.1) is 0 Å². The number of carbonyl (C=O) groups is 2. The van der Waals surface area contributed by atoms with E-state index in [1.165, 1.54) is 44.3 Å². The molecule has 0 aliphatic heterocycles. The predicted molar refractivity (Wildman–Crippen MR) is 105 cm³/mol. The summed E-state index contributed by atoms with van der Waals surface area (Å²) in [5, 5.41) is 12.0. The van der Waals surface area contributed by atoms with E-state index in [1.54, 1.807) is 0 Å². The smallest absolute Gasteiger partial charge is 0.335 e. The first kappa shape index (κ1) is 21.2. The molecule has 2 N–H and O–H groups in total. The van der Waals surface area contributed by atoms with Gasteiger partial charge in [0.25, 0.3) is 5.91 Å². The number of anilines is 1. The molecule has 0 aliphatic carbocycles. The van der Waals surface area contributed by atoms with Crippen molar-refractivity contribution in [3.05, 3.63) is 65.9 Å². The molecule has 2 aromatic carbocycles. The summed E-state index contributed by atoms with van der Waals surface area (Å²) in [5.74, 6) is -3.18. The molecule has 0 spiro atoms. The first-order valence-corrected chi connectivity index (χ1v) is 9.38. The van der Waals surface area contributed by atoms with Crippen molar-refractivity contribution < 1.29 is 33.0 Å². The van der Waals surface area contributed by atoms with Crippen molar-refractivity contribution in [1.29, 1.82) is 0 Å². The zero-order chi connectivity index (χ0) is 21.9. The molecule has 1 heterocycles. The lowest BCUT2D eigenvalue weighted by Gasteiger charge is -2.24. The zero-order valence-corrected chi connectivity index (χ0v) is 16.6. The highest BCUT2D eigenvalue weighted by molar-refractivity contribution is 7.17. The summed E-state index contributed by atoms with van der Waals surface area (Å²) in [6.07, 6.45) is 1.39. The van der Waals surface area contributed by atoms with Crippen molar-refractivity contribution in [3.63, 3.8) is 0 Å². The van der Waals surface area contributed by atoms with Crippen LogP contribution >= 0.6 is 11.3 Å². The number of aromatic nitrogens is 1. The number of rotatable bonds is 7. The van der Waals surface area contributed by atoms with Crippen molar-refractivity contribution >= 4 is 28.3 Å². The molecule has 0 unspecified atom stereocenters. The van der Waals surface area contributed by atoms with Gasteiger partial charge in [-0.3, -0.25) is 10.1 Å². The Labute approximate surface area is 173 Å². The molecule has 7 nitrogen and oxygen atoms in total. The molecule has 1 amide bonds. The van der Waals surface area contributed by atoms with E-state index < -0.39 is 29.1 Å². The Kier molecular flexibility index (Phi) is 5.97. The minimum absolute atomic E-state index is 0.124. The first-order valence-electron chi connectivity index (χ1n) is 8.56. The molecule has 0 radical (unpaired) electrons. The maximum Gasteiger partial charge on any atom is 0.335 e. The van der Waals surface area contributed by atoms with Crippen molar-refractivity contribution in [3.8, 4) is 16.6 Å². The third-order valence-corrected chi connectivity index (χ3v) is 4.62. The van der Waals surface area contributed by atoms with Crippen molar-refractivity contribution in [2.24, 2.45) is 0 Å². The molecule has 156 valence electrons. The molecular weight excluding hydrogens is 418 g/mol. The van der Waals surface area contributed by atoms with Gasteiger partial charge >= 0.3 is 5.97 Å². The van der Waals surface area contributed by atoms with Crippen LogP contribution in [0.4, 0.5) is 13.9 Å². The Hall–Kier alpha value is -3.53. The van der Waals surface area contributed by atoms with Gasteiger partial charge < -0.3 is 14.6 Å². The van der Waals surface area contributed by atoms with Gasteiger partial charge in [-0.05, 0) is 50.2 Å². The Morgan fingerprint density at radius 1 is 1.13 bits per heavy atom. The van der Waals surface area contributed by atoms with Crippen molar-refractivity contribution in [2.75, 3.05) is 5.32 Å². The van der Waals surface area contributed by atoms with Gasteiger partial charge in [0.2, 0.25) is 5.06 Å². The highest BCUT2D eigenvalue weighted by Crippen LogP contribution is 2.31. The highest BCUT2D eigenvalue weighted by atomic mass is 32.1. The number of hydrogen-bond donors (Lipinski definition) is 2. The second kappa shape index (κ2) is 8.46. The van der Waals surface area contributed by atoms with E-state index in [2.05, 4.69) is 10.3 Å². The van der Waals surface area contributed by atoms with E-state index in [1.807, 2.05) is 0 Å². The lowest BCUT2D eigenvalue weighted by atomic mass is 10.1. The lowest BCUT2D eigenvalue weighted by molar-refractivity contribution is -0.128. The van der Waals surface area contributed by atoms with Gasteiger partial charge in [-0.1, -0.05) is 11.3 Å². The van der Waals surface area contributed by atoms with Crippen LogP contribution in [0.1, 0.15) is 24.2 Å². The SMILES string of the molecule is CC(C)(Oc1ccc(F)cc1F)C(=O)Nc1ncc(Oc2ccc(C(=O)O)cc2)s1. The average Bonchev–Trinajstić information content (AvgIpc) is 3.11. The first-order chi connectivity index (χ1) is 14.1. The largest absolute Gasteiger partial charge is 0.478 e. The van der Waals surface area contributed by atoms with Gasteiger partial charge in [-0.2, -0.15) is 0 Å². The zero-order valence-electron chi connectivity index (χ0n) is 15.8. The molecule has 0 saturated heterocycles. The number of carbonyl (C=O) groups excluding carboxylic acids is 1. The van der Waals surface area contributed by atoms with Gasteiger partial charge in [0, 0.05) is 6.07 Å². The standard InChI is InChI=1S/C20H16F2N2O5S/c1-20(2,29-15-8-5-12(21)9-14(15)22)18(27)24-19-23-10-16(30-19)28-13-6-3-11(4-7-13)17(25)26/h3-10H,1-2H3,(H,25,26)(H,23,24,27). The average molecular weight is 434 g/mol. The molecule has 0 bridgehead atoms. The van der Waals surface area contributed by atoms with E-state index in [4.69, 9.17) is 14.6 Å². The third kappa shape index (κ3) is 5.09. The Morgan fingerprint density at radius 2 is 1.83 bits per heavy atom. The monoisotopic (exact) mass is 434 g/mol. The molecule has 0 atom stereocenters. The van der Waals surface area contributed by atoms with Crippen LogP contribution in [0.3, 0.4) is 0 Å². The van der Waals surface area contributed by atoms with E-state index in [0.29, 0.717) is 16.9 Å². The van der Waals surface area contributed by atoms with E-state index in [0.717, 1.165) is 23.5 Å². The number of hydrogen-bond acceptors (Lipinski definition) is 6. The summed E-state index contributed by atoms with van der Waals surface area (Å²) in [6.45, 7) is 2.86. The fourth-order valence-electron chi connectivity index (χ4n) is 2.27. The van der Waals surface area contributed by atoms with Crippen LogP contribution in [-0.2, 0) is 4.79 Å². The van der Waals surface area contributed by atoms with Crippen LogP contribution in [0.5, 0.6) is 16.6 Å². The number of nitrogens with one attached hydrogen (secondary N) is 1. The van der Waals surface area contributed by atoms with Gasteiger partial charge in [0.15, 0.2) is 22.3 Å². The molecule has 1 aromatic heterocycles. The van der Waals surface area contributed by atoms with Crippen LogP contribution in [0.15, 0.2) is 48.7 Å². The van der Waals surface area contributed by atoms with Crippen LogP contribution < -0.4 is 14.8 Å².